The molecule has 0 bridgehead atoms. The lowest BCUT2D eigenvalue weighted by Crippen LogP contribution is -2.22. The molecular weight excluding hydrogens is 256 g/mol. The summed E-state index contributed by atoms with van der Waals surface area (Å²) in [5.74, 6) is 0. The Bertz CT molecular complexity index is 358. The molecule has 2 heteroatoms. The highest BCUT2D eigenvalue weighted by atomic mass is 15.1. The molecule has 0 saturated heterocycles. The van der Waals surface area contributed by atoms with Gasteiger partial charge in [0.2, 0.25) is 0 Å². The molecule has 2 nitrogen and oxygen atoms in total. The largest absolute Gasteiger partial charge is 0.385 e. The van der Waals surface area contributed by atoms with Gasteiger partial charge >= 0.3 is 0 Å². The molecule has 0 atom stereocenters. The first-order valence-corrected chi connectivity index (χ1v) is 8.85. The fourth-order valence-electron chi connectivity index (χ4n) is 2.65. The van der Waals surface area contributed by atoms with E-state index in [1.807, 2.05) is 0 Å². The van der Waals surface area contributed by atoms with E-state index < -0.39 is 0 Å². The van der Waals surface area contributed by atoms with Crippen LogP contribution in [-0.4, -0.2) is 24.5 Å². The van der Waals surface area contributed by atoms with Gasteiger partial charge in [-0.15, -0.1) is 0 Å². The molecule has 0 aliphatic heterocycles. The van der Waals surface area contributed by atoms with Gasteiger partial charge in [0.05, 0.1) is 0 Å². The van der Waals surface area contributed by atoms with Crippen molar-refractivity contribution >= 4 is 5.69 Å². The van der Waals surface area contributed by atoms with Crippen LogP contribution in [0.3, 0.4) is 0 Å². The number of rotatable bonds is 12. The standard InChI is InChI=1S/C19H34N2/c1-4-7-8-9-10-13-16-20-19-15-12-11-14-18(19)17-21(5-2)6-3/h11-12,14-15,20H,4-10,13,16-17H2,1-3H3. The van der Waals surface area contributed by atoms with Crippen molar-refractivity contribution in [2.24, 2.45) is 0 Å². The molecule has 1 aromatic carbocycles. The predicted octanol–water partition coefficient (Wildman–Crippen LogP) is 5.30. The smallest absolute Gasteiger partial charge is 0.0385 e. The van der Waals surface area contributed by atoms with E-state index in [0.29, 0.717) is 0 Å². The van der Waals surface area contributed by atoms with Crippen LogP contribution in [0.4, 0.5) is 5.69 Å². The van der Waals surface area contributed by atoms with Crippen molar-refractivity contribution in [3.05, 3.63) is 29.8 Å². The van der Waals surface area contributed by atoms with Crippen LogP contribution in [0.25, 0.3) is 0 Å². The Labute approximate surface area is 131 Å². The van der Waals surface area contributed by atoms with Crippen molar-refractivity contribution in [2.45, 2.75) is 65.8 Å². The third-order valence-electron chi connectivity index (χ3n) is 4.15. The minimum atomic E-state index is 1.05. The van der Waals surface area contributed by atoms with Gasteiger partial charge in [-0.05, 0) is 31.1 Å². The second-order valence-electron chi connectivity index (χ2n) is 5.81. The van der Waals surface area contributed by atoms with Gasteiger partial charge in [0.25, 0.3) is 0 Å². The van der Waals surface area contributed by atoms with E-state index in [1.165, 1.54) is 49.8 Å². The number of nitrogens with zero attached hydrogens (tertiary/aromatic N) is 1. The SMILES string of the molecule is CCCCCCCCNc1ccccc1CN(CC)CC. The zero-order valence-electron chi connectivity index (χ0n) is 14.3. The van der Waals surface area contributed by atoms with E-state index in [0.717, 1.165) is 26.2 Å². The molecule has 1 N–H and O–H groups in total. The quantitative estimate of drug-likeness (QED) is 0.525. The number of para-hydroxylation sites is 1. The highest BCUT2D eigenvalue weighted by molar-refractivity contribution is 5.50. The van der Waals surface area contributed by atoms with Crippen molar-refractivity contribution < 1.29 is 0 Å². The molecule has 0 unspecified atom stereocenters. The molecular formula is C19H34N2. The van der Waals surface area contributed by atoms with Gasteiger partial charge in [-0.25, -0.2) is 0 Å². The van der Waals surface area contributed by atoms with Crippen LogP contribution >= 0.6 is 0 Å². The van der Waals surface area contributed by atoms with Crippen LogP contribution in [0, 0.1) is 0 Å². The number of hydrogen-bond acceptors (Lipinski definition) is 2. The van der Waals surface area contributed by atoms with Gasteiger partial charge in [0.15, 0.2) is 0 Å². The molecule has 0 saturated carbocycles. The number of benzene rings is 1. The van der Waals surface area contributed by atoms with Crippen LogP contribution in [0.15, 0.2) is 24.3 Å². The number of hydrogen-bond donors (Lipinski definition) is 1. The Hall–Kier alpha value is -1.02. The molecule has 120 valence electrons. The summed E-state index contributed by atoms with van der Waals surface area (Å²) >= 11 is 0. The van der Waals surface area contributed by atoms with Crippen molar-refractivity contribution in [1.29, 1.82) is 0 Å². The lowest BCUT2D eigenvalue weighted by Gasteiger charge is -2.20. The van der Waals surface area contributed by atoms with Crippen molar-refractivity contribution in [2.75, 3.05) is 25.0 Å². The molecule has 1 rings (SSSR count). The van der Waals surface area contributed by atoms with E-state index in [1.54, 1.807) is 0 Å². The maximum Gasteiger partial charge on any atom is 0.0385 e. The first-order chi connectivity index (χ1) is 10.3. The summed E-state index contributed by atoms with van der Waals surface area (Å²) in [5.41, 5.74) is 2.74. The van der Waals surface area contributed by atoms with Gasteiger partial charge < -0.3 is 5.32 Å². The average molecular weight is 290 g/mol. The van der Waals surface area contributed by atoms with Crippen molar-refractivity contribution in [3.8, 4) is 0 Å². The highest BCUT2D eigenvalue weighted by Gasteiger charge is 2.05. The molecule has 0 amide bonds. The van der Waals surface area contributed by atoms with Crippen LogP contribution < -0.4 is 5.32 Å². The second-order valence-corrected chi connectivity index (χ2v) is 5.81. The summed E-state index contributed by atoms with van der Waals surface area (Å²) in [6, 6.07) is 8.75. The summed E-state index contributed by atoms with van der Waals surface area (Å²) < 4.78 is 0. The van der Waals surface area contributed by atoms with Gasteiger partial charge in [-0.1, -0.05) is 71.1 Å². The summed E-state index contributed by atoms with van der Waals surface area (Å²) in [7, 11) is 0. The van der Waals surface area contributed by atoms with Crippen LogP contribution in [-0.2, 0) is 6.54 Å². The zero-order valence-corrected chi connectivity index (χ0v) is 14.3. The second kappa shape index (κ2) is 11.6. The van der Waals surface area contributed by atoms with Gasteiger partial charge in [-0.2, -0.15) is 0 Å². The third-order valence-corrected chi connectivity index (χ3v) is 4.15. The van der Waals surface area contributed by atoms with Gasteiger partial charge in [0, 0.05) is 18.8 Å². The number of anilines is 1. The Kier molecular flexibility index (Phi) is 9.98. The molecule has 1 aromatic rings. The molecule has 0 radical (unpaired) electrons. The Balaban J connectivity index is 2.34. The molecule has 0 aliphatic carbocycles. The maximum absolute atomic E-state index is 3.63. The van der Waals surface area contributed by atoms with E-state index in [4.69, 9.17) is 0 Å². The average Bonchev–Trinajstić information content (AvgIpc) is 2.53. The van der Waals surface area contributed by atoms with Crippen LogP contribution in [0.5, 0.6) is 0 Å². The lowest BCUT2D eigenvalue weighted by molar-refractivity contribution is 0.296. The number of unbranched alkanes of at least 4 members (excludes halogenated alkanes) is 5. The monoisotopic (exact) mass is 290 g/mol. The van der Waals surface area contributed by atoms with Crippen molar-refractivity contribution in [1.82, 2.24) is 4.90 Å². The molecule has 0 aliphatic rings. The minimum absolute atomic E-state index is 1.05. The Morgan fingerprint density at radius 3 is 2.24 bits per heavy atom. The first-order valence-electron chi connectivity index (χ1n) is 8.85. The summed E-state index contributed by atoms with van der Waals surface area (Å²) in [6.07, 6.45) is 8.14. The lowest BCUT2D eigenvalue weighted by atomic mass is 10.1. The van der Waals surface area contributed by atoms with E-state index in [2.05, 4.69) is 55.3 Å². The molecule has 0 spiro atoms. The fraction of sp³-hybridized carbons (Fsp3) is 0.684. The Morgan fingerprint density at radius 1 is 0.857 bits per heavy atom. The predicted molar refractivity (Wildman–Crippen MR) is 94.9 cm³/mol. The molecule has 0 aromatic heterocycles. The third kappa shape index (κ3) is 7.52. The maximum atomic E-state index is 3.63. The topological polar surface area (TPSA) is 15.3 Å². The van der Waals surface area contributed by atoms with E-state index in [9.17, 15) is 0 Å². The first kappa shape index (κ1) is 18.0. The van der Waals surface area contributed by atoms with Crippen molar-refractivity contribution in [3.63, 3.8) is 0 Å². The highest BCUT2D eigenvalue weighted by Crippen LogP contribution is 2.17. The molecule has 21 heavy (non-hydrogen) atoms. The Morgan fingerprint density at radius 2 is 1.52 bits per heavy atom. The molecule has 0 fully saturated rings. The van der Waals surface area contributed by atoms with Gasteiger partial charge in [0.1, 0.15) is 0 Å². The summed E-state index contributed by atoms with van der Waals surface area (Å²) in [5, 5.41) is 3.63. The molecule has 0 heterocycles. The van der Waals surface area contributed by atoms with E-state index in [-0.39, 0.29) is 0 Å². The zero-order chi connectivity index (χ0) is 15.3. The normalized spacial score (nSPS) is 11.0. The van der Waals surface area contributed by atoms with Crippen LogP contribution in [0.1, 0.15) is 64.9 Å². The number of nitrogens with one attached hydrogen (secondary N) is 1. The van der Waals surface area contributed by atoms with E-state index >= 15 is 0 Å². The minimum Gasteiger partial charge on any atom is -0.385 e. The summed E-state index contributed by atoms with van der Waals surface area (Å²) in [6.45, 7) is 11.1. The van der Waals surface area contributed by atoms with Gasteiger partial charge in [-0.3, -0.25) is 4.90 Å². The van der Waals surface area contributed by atoms with Crippen LogP contribution in [0.2, 0.25) is 0 Å². The fourth-order valence-corrected chi connectivity index (χ4v) is 2.65. The summed E-state index contributed by atoms with van der Waals surface area (Å²) in [4.78, 5) is 2.46.